The Kier molecular flexibility index (Phi) is 15.5. The molecule has 1 saturated heterocycles. The lowest BCUT2D eigenvalue weighted by atomic mass is 9.47. The number of carbonyl (C=O) groups excluding carboxylic acids is 3. The summed E-state index contributed by atoms with van der Waals surface area (Å²) in [5.74, 6) is -0.481. The number of nitrogens with one attached hydrogen (secondary N) is 1. The zero-order chi connectivity index (χ0) is 37.9. The summed E-state index contributed by atoms with van der Waals surface area (Å²) in [6.45, 7) is 17.1. The third-order valence-corrected chi connectivity index (χ3v) is 9.76. The molecule has 3 aliphatic carbocycles. The number of esters is 2. The maximum Gasteiger partial charge on any atom is 0.481 e. The van der Waals surface area contributed by atoms with Crippen molar-refractivity contribution in [2.24, 2.45) is 17.3 Å². The lowest BCUT2D eigenvalue weighted by Crippen LogP contribution is -2.59. The Hall–Kier alpha value is -3.53. The summed E-state index contributed by atoms with van der Waals surface area (Å²) in [4.78, 5) is 38.6. The van der Waals surface area contributed by atoms with Crippen LogP contribution in [-0.2, 0) is 52.6 Å². The van der Waals surface area contributed by atoms with Gasteiger partial charge in [0.25, 0.3) is 0 Å². The van der Waals surface area contributed by atoms with Crippen LogP contribution in [0.3, 0.4) is 0 Å². The molecular formula is C36H58BN5O9. The number of para-hydroxylation sites is 1. The van der Waals surface area contributed by atoms with Crippen molar-refractivity contribution in [1.29, 1.82) is 0 Å². The SMILES string of the molecule is CC.CCOC(C)(C)C(=O)OCOC(=O)c1cccc(CC(NC=O)B2OC3CC4CC(C3O2)C4(C)C)c1OC.CCn1cc(CN(C)C)nn1. The number of aromatic nitrogens is 3. The van der Waals surface area contributed by atoms with E-state index >= 15 is 0 Å². The van der Waals surface area contributed by atoms with Crippen LogP contribution in [0.2, 0.25) is 0 Å². The van der Waals surface area contributed by atoms with Gasteiger partial charge in [0.1, 0.15) is 11.3 Å². The highest BCUT2D eigenvalue weighted by Crippen LogP contribution is 2.61. The van der Waals surface area contributed by atoms with Gasteiger partial charge in [-0.2, -0.15) is 0 Å². The Balaban J connectivity index is 0.000000457. The topological polar surface area (TPSA) is 153 Å². The molecule has 1 aromatic carbocycles. The molecule has 2 heterocycles. The molecule has 4 aliphatic rings. The maximum absolute atomic E-state index is 12.8. The molecule has 1 aliphatic heterocycles. The second kappa shape index (κ2) is 18.8. The molecule has 4 fully saturated rings. The van der Waals surface area contributed by atoms with Gasteiger partial charge in [-0.25, -0.2) is 9.59 Å². The Labute approximate surface area is 303 Å². The molecule has 1 N–H and O–H groups in total. The summed E-state index contributed by atoms with van der Waals surface area (Å²) in [6.07, 6.45) is 5.04. The Morgan fingerprint density at radius 3 is 2.49 bits per heavy atom. The zero-order valence-electron chi connectivity index (χ0n) is 32.3. The van der Waals surface area contributed by atoms with E-state index in [-0.39, 0.29) is 23.2 Å². The minimum atomic E-state index is -1.16. The second-order valence-electron chi connectivity index (χ2n) is 14.1. The summed E-state index contributed by atoms with van der Waals surface area (Å²) in [6, 6.07) is 5.07. The largest absolute Gasteiger partial charge is 0.496 e. The maximum atomic E-state index is 12.8. The van der Waals surface area contributed by atoms with Gasteiger partial charge < -0.3 is 38.5 Å². The van der Waals surface area contributed by atoms with E-state index in [1.165, 1.54) is 7.11 Å². The van der Waals surface area contributed by atoms with Gasteiger partial charge in [0.15, 0.2) is 5.60 Å². The standard InChI is InChI=1S/C27H38BNO9.C7H14N4.C2H6/c1-7-36-27(4,5)25(32)35-15-34-24(31)18-10-8-9-16(22(18)33-6)11-21(29-14-30)28-37-20-13-17-12-19(23(20)38-28)26(17,2)3;1-4-11-6-7(8-9-11)5-10(2)3;1-2/h8-10,14,17,19-21,23H,7,11-13,15H2,1-6H3,(H,29,30);6H,4-5H2,1-3H3;1-2H3. The van der Waals surface area contributed by atoms with Gasteiger partial charge in [0, 0.05) is 25.9 Å². The minimum absolute atomic E-state index is 0.00886. The number of amides is 1. The molecule has 5 unspecified atom stereocenters. The first-order valence-electron chi connectivity index (χ1n) is 17.9. The zero-order valence-corrected chi connectivity index (χ0v) is 32.3. The summed E-state index contributed by atoms with van der Waals surface area (Å²) in [5, 5.41) is 10.8. The first kappa shape index (κ1) is 41.9. The molecule has 15 heteroatoms. The average molecular weight is 716 g/mol. The molecule has 2 bridgehead atoms. The number of nitrogens with zero attached hydrogens (tertiary/aromatic N) is 4. The van der Waals surface area contributed by atoms with Gasteiger partial charge in [-0.3, -0.25) is 9.48 Å². The molecule has 0 spiro atoms. The predicted octanol–water partition coefficient (Wildman–Crippen LogP) is 4.09. The van der Waals surface area contributed by atoms with Crippen molar-refractivity contribution in [3.63, 3.8) is 0 Å². The fourth-order valence-corrected chi connectivity index (χ4v) is 6.95. The highest BCUT2D eigenvalue weighted by atomic mass is 16.7. The molecule has 6 rings (SSSR count). The lowest BCUT2D eigenvalue weighted by molar-refractivity contribution is -0.175. The van der Waals surface area contributed by atoms with Crippen LogP contribution in [0, 0.1) is 17.3 Å². The van der Waals surface area contributed by atoms with Crippen LogP contribution < -0.4 is 10.1 Å². The van der Waals surface area contributed by atoms with Crippen LogP contribution in [-0.4, -0.2) is 104 Å². The molecule has 3 saturated carbocycles. The van der Waals surface area contributed by atoms with Crippen LogP contribution in [0.15, 0.2) is 24.4 Å². The van der Waals surface area contributed by atoms with E-state index in [9.17, 15) is 14.4 Å². The molecule has 14 nitrogen and oxygen atoms in total. The Bertz CT molecular complexity index is 1440. The van der Waals surface area contributed by atoms with Crippen LogP contribution in [0.5, 0.6) is 5.75 Å². The van der Waals surface area contributed by atoms with Crippen LogP contribution >= 0.6 is 0 Å². The van der Waals surface area contributed by atoms with Gasteiger partial charge in [-0.1, -0.05) is 45.0 Å². The number of ether oxygens (including phenoxy) is 4. The molecule has 284 valence electrons. The highest BCUT2D eigenvalue weighted by molar-refractivity contribution is 6.47. The molecule has 2 aromatic rings. The molecule has 5 atom stereocenters. The minimum Gasteiger partial charge on any atom is -0.496 e. The number of methoxy groups -OCH3 is 1. The third kappa shape index (κ3) is 10.3. The quantitative estimate of drug-likeness (QED) is 0.122. The van der Waals surface area contributed by atoms with E-state index in [0.29, 0.717) is 42.6 Å². The first-order valence-corrected chi connectivity index (χ1v) is 17.9. The molecule has 1 aromatic heterocycles. The van der Waals surface area contributed by atoms with Crippen molar-refractivity contribution >= 4 is 25.5 Å². The van der Waals surface area contributed by atoms with Crippen molar-refractivity contribution in [1.82, 2.24) is 25.2 Å². The van der Waals surface area contributed by atoms with Gasteiger partial charge in [0.2, 0.25) is 13.2 Å². The highest BCUT2D eigenvalue weighted by Gasteiger charge is 2.62. The van der Waals surface area contributed by atoms with Gasteiger partial charge in [0.05, 0.1) is 31.0 Å². The Morgan fingerprint density at radius 2 is 1.90 bits per heavy atom. The van der Waals surface area contributed by atoms with Crippen LogP contribution in [0.25, 0.3) is 0 Å². The van der Waals surface area contributed by atoms with Gasteiger partial charge in [-0.05, 0) is 89.9 Å². The van der Waals surface area contributed by atoms with Gasteiger partial charge in [-0.15, -0.1) is 5.10 Å². The van der Waals surface area contributed by atoms with Crippen molar-refractivity contribution in [3.05, 3.63) is 41.2 Å². The normalized spacial score (nSPS) is 21.8. The van der Waals surface area contributed by atoms with E-state index in [1.807, 2.05) is 51.8 Å². The average Bonchev–Trinajstić information content (AvgIpc) is 3.75. The molecule has 51 heavy (non-hydrogen) atoms. The van der Waals surface area contributed by atoms with E-state index < -0.39 is 37.4 Å². The Morgan fingerprint density at radius 1 is 1.18 bits per heavy atom. The van der Waals surface area contributed by atoms with Crippen LogP contribution in [0.4, 0.5) is 0 Å². The van der Waals surface area contributed by atoms with Crippen LogP contribution in [0.1, 0.15) is 89.8 Å². The number of hydrogen-bond donors (Lipinski definition) is 1. The summed E-state index contributed by atoms with van der Waals surface area (Å²) in [5.41, 5.74) is 0.939. The van der Waals surface area contributed by atoms with Crippen molar-refractivity contribution < 1.29 is 42.6 Å². The first-order chi connectivity index (χ1) is 24.2. The van der Waals surface area contributed by atoms with Crippen molar-refractivity contribution in [2.45, 2.75) is 111 Å². The molecule has 0 radical (unpaired) electrons. The van der Waals surface area contributed by atoms with Crippen molar-refractivity contribution in [3.8, 4) is 5.75 Å². The van der Waals surface area contributed by atoms with E-state index in [0.717, 1.165) is 31.6 Å². The third-order valence-electron chi connectivity index (χ3n) is 9.76. The number of rotatable bonds is 15. The fraction of sp³-hybridized carbons (Fsp3) is 0.694. The van der Waals surface area contributed by atoms with E-state index in [4.69, 9.17) is 28.3 Å². The number of benzene rings is 1. The summed E-state index contributed by atoms with van der Waals surface area (Å²) < 4.78 is 35.7. The smallest absolute Gasteiger partial charge is 0.481 e. The number of aryl methyl sites for hydroxylation is 1. The second-order valence-corrected chi connectivity index (χ2v) is 14.1. The molecule has 1 amide bonds. The molecular weight excluding hydrogens is 657 g/mol. The van der Waals surface area contributed by atoms with Crippen molar-refractivity contribution in [2.75, 3.05) is 34.6 Å². The fourth-order valence-electron chi connectivity index (χ4n) is 6.95. The lowest BCUT2D eigenvalue weighted by Gasteiger charge is -2.60. The number of hydrogen-bond acceptors (Lipinski definition) is 12. The predicted molar refractivity (Wildman–Crippen MR) is 192 cm³/mol. The summed E-state index contributed by atoms with van der Waals surface area (Å²) in [7, 11) is 4.88. The van der Waals surface area contributed by atoms with Gasteiger partial charge >= 0.3 is 19.1 Å². The number of carbonyl (C=O) groups is 3. The van der Waals surface area contributed by atoms with E-state index in [2.05, 4.69) is 34.4 Å². The monoisotopic (exact) mass is 715 g/mol. The summed E-state index contributed by atoms with van der Waals surface area (Å²) >= 11 is 0. The van der Waals surface area contributed by atoms with E-state index in [1.54, 1.807) is 32.9 Å².